The van der Waals surface area contributed by atoms with Gasteiger partial charge in [0.15, 0.2) is 5.76 Å². The van der Waals surface area contributed by atoms with Crippen LogP contribution in [0.4, 0.5) is 0 Å². The number of likely N-dealkylation sites (tertiary alicyclic amines) is 1. The van der Waals surface area contributed by atoms with E-state index in [0.717, 1.165) is 62.6 Å². The van der Waals surface area contributed by atoms with E-state index in [1.54, 1.807) is 19.2 Å². The Labute approximate surface area is 222 Å². The summed E-state index contributed by atoms with van der Waals surface area (Å²) >= 11 is 0. The molecule has 2 aromatic heterocycles. The highest BCUT2D eigenvalue weighted by molar-refractivity contribution is 5.91. The summed E-state index contributed by atoms with van der Waals surface area (Å²) in [7, 11) is 1.72. The number of H-pyrrole nitrogens is 1. The number of fused-ring (bicyclic) bond motifs is 4. The number of furan rings is 1. The van der Waals surface area contributed by atoms with Crippen LogP contribution < -0.4 is 14.8 Å². The fourth-order valence-corrected chi connectivity index (χ4v) is 6.09. The van der Waals surface area contributed by atoms with E-state index in [4.69, 9.17) is 13.9 Å². The summed E-state index contributed by atoms with van der Waals surface area (Å²) in [5.41, 5.74) is 3.68. The van der Waals surface area contributed by atoms with Crippen molar-refractivity contribution in [1.82, 2.24) is 20.1 Å². The van der Waals surface area contributed by atoms with E-state index in [2.05, 4.69) is 32.2 Å². The minimum Gasteiger partial charge on any atom is -0.497 e. The molecule has 6 rings (SSSR count). The van der Waals surface area contributed by atoms with Crippen LogP contribution in [0, 0.1) is 0 Å². The first-order valence-corrected chi connectivity index (χ1v) is 13.3. The predicted molar refractivity (Wildman–Crippen MR) is 146 cm³/mol. The number of nitrogens with zero attached hydrogens (tertiary/aromatic N) is 2. The van der Waals surface area contributed by atoms with Gasteiger partial charge in [-0.2, -0.15) is 0 Å². The molecule has 1 unspecified atom stereocenters. The van der Waals surface area contributed by atoms with Gasteiger partial charge in [0, 0.05) is 55.9 Å². The fraction of sp³-hybridized carbons (Fsp3) is 0.367. The van der Waals surface area contributed by atoms with Gasteiger partial charge in [0.05, 0.1) is 18.9 Å². The van der Waals surface area contributed by atoms with Crippen molar-refractivity contribution in [1.29, 1.82) is 0 Å². The van der Waals surface area contributed by atoms with Gasteiger partial charge >= 0.3 is 0 Å². The van der Waals surface area contributed by atoms with E-state index in [1.165, 1.54) is 22.9 Å². The molecule has 0 saturated carbocycles. The zero-order valence-corrected chi connectivity index (χ0v) is 21.7. The first-order valence-electron chi connectivity index (χ1n) is 13.3. The van der Waals surface area contributed by atoms with Crippen LogP contribution in [-0.2, 0) is 12.0 Å². The van der Waals surface area contributed by atoms with Gasteiger partial charge in [0.2, 0.25) is 0 Å². The molecule has 198 valence electrons. The molecule has 0 aliphatic carbocycles. The number of hydrogen-bond acceptors (Lipinski definition) is 6. The van der Waals surface area contributed by atoms with Crippen LogP contribution >= 0.6 is 0 Å². The van der Waals surface area contributed by atoms with E-state index in [0.29, 0.717) is 18.9 Å². The molecule has 1 amide bonds. The van der Waals surface area contributed by atoms with Crippen LogP contribution in [0.1, 0.15) is 28.2 Å². The molecule has 4 heterocycles. The predicted octanol–water partition coefficient (Wildman–Crippen LogP) is 4.04. The topological polar surface area (TPSA) is 83.0 Å². The van der Waals surface area contributed by atoms with Crippen LogP contribution in [0.2, 0.25) is 0 Å². The number of aromatic nitrogens is 1. The number of carbonyl (C=O) groups is 1. The van der Waals surface area contributed by atoms with Crippen molar-refractivity contribution >= 4 is 16.8 Å². The lowest BCUT2D eigenvalue weighted by Gasteiger charge is -2.45. The van der Waals surface area contributed by atoms with Crippen LogP contribution in [-0.4, -0.2) is 73.7 Å². The molecule has 4 aromatic rings. The third-order valence-corrected chi connectivity index (χ3v) is 7.97. The fourth-order valence-electron chi connectivity index (χ4n) is 6.09. The highest BCUT2D eigenvalue weighted by atomic mass is 16.5. The molecule has 38 heavy (non-hydrogen) atoms. The molecule has 8 heteroatoms. The molecular formula is C30H34N4O4. The molecule has 0 radical (unpaired) electrons. The van der Waals surface area contributed by atoms with E-state index in [1.807, 2.05) is 36.4 Å². The molecule has 2 N–H and O–H groups in total. The molecule has 2 aliphatic heterocycles. The molecule has 2 aliphatic rings. The summed E-state index contributed by atoms with van der Waals surface area (Å²) in [6, 6.07) is 19.7. The minimum absolute atomic E-state index is 0.151. The van der Waals surface area contributed by atoms with Gasteiger partial charge in [-0.1, -0.05) is 18.2 Å². The SMILES string of the molecule is COc1ccc2[nH]c3c(c2c1)CCN(CCNC(=O)c1ccco1)C31CCN(CCOc2ccccc2)C1. The second-order valence-corrected chi connectivity index (χ2v) is 10.1. The lowest BCUT2D eigenvalue weighted by molar-refractivity contribution is 0.0713. The standard InChI is InChI=1S/C30H34N4O4/c1-36-23-9-10-26-25(20-23)24-11-14-34(16-13-31-29(35)27-8-5-18-38-27)30(28(24)32-26)12-15-33(21-30)17-19-37-22-6-3-2-4-7-22/h2-10,18,20,32H,11-17,19,21H2,1H3,(H,31,35). The molecule has 0 bridgehead atoms. The monoisotopic (exact) mass is 514 g/mol. The molecule has 1 atom stereocenters. The zero-order chi connectivity index (χ0) is 26.0. The Morgan fingerprint density at radius 1 is 1.08 bits per heavy atom. The van der Waals surface area contributed by atoms with Gasteiger partial charge in [-0.25, -0.2) is 0 Å². The molecule has 1 fully saturated rings. The summed E-state index contributed by atoms with van der Waals surface area (Å²) in [5.74, 6) is 1.95. The minimum atomic E-state index is -0.175. The maximum atomic E-state index is 12.5. The maximum Gasteiger partial charge on any atom is 0.287 e. The Bertz CT molecular complexity index is 1380. The van der Waals surface area contributed by atoms with Crippen LogP contribution in [0.3, 0.4) is 0 Å². The molecule has 1 saturated heterocycles. The second-order valence-electron chi connectivity index (χ2n) is 10.1. The number of benzene rings is 2. The number of rotatable bonds is 9. The number of nitrogens with one attached hydrogen (secondary N) is 2. The van der Waals surface area contributed by atoms with Crippen molar-refractivity contribution in [2.45, 2.75) is 18.4 Å². The average molecular weight is 515 g/mol. The van der Waals surface area contributed by atoms with Crippen molar-refractivity contribution < 1.29 is 18.7 Å². The van der Waals surface area contributed by atoms with Crippen LogP contribution in [0.5, 0.6) is 11.5 Å². The molecule has 8 nitrogen and oxygen atoms in total. The highest BCUT2D eigenvalue weighted by Gasteiger charge is 2.48. The summed E-state index contributed by atoms with van der Waals surface area (Å²) in [6.45, 7) is 5.67. The Hall–Kier alpha value is -3.75. The van der Waals surface area contributed by atoms with E-state index in [9.17, 15) is 4.79 Å². The van der Waals surface area contributed by atoms with Crippen molar-refractivity contribution in [3.63, 3.8) is 0 Å². The quantitative estimate of drug-likeness (QED) is 0.351. The number of para-hydroxylation sites is 1. The van der Waals surface area contributed by atoms with Gasteiger partial charge in [-0.05, 0) is 60.9 Å². The second kappa shape index (κ2) is 10.6. The lowest BCUT2D eigenvalue weighted by atomic mass is 9.84. The number of aromatic amines is 1. The van der Waals surface area contributed by atoms with Gasteiger partial charge in [0.1, 0.15) is 18.1 Å². The van der Waals surface area contributed by atoms with Crippen LogP contribution in [0.15, 0.2) is 71.3 Å². The van der Waals surface area contributed by atoms with Crippen LogP contribution in [0.25, 0.3) is 10.9 Å². The third-order valence-electron chi connectivity index (χ3n) is 7.97. The van der Waals surface area contributed by atoms with Crippen molar-refractivity contribution in [3.05, 3.63) is 83.9 Å². The maximum absolute atomic E-state index is 12.5. The summed E-state index contributed by atoms with van der Waals surface area (Å²) in [5, 5.41) is 4.28. The molecule has 1 spiro atoms. The van der Waals surface area contributed by atoms with Gasteiger partial charge < -0.3 is 24.2 Å². The number of carbonyl (C=O) groups excluding carboxylic acids is 1. The first-order chi connectivity index (χ1) is 18.7. The van der Waals surface area contributed by atoms with Gasteiger partial charge in [-0.3, -0.25) is 14.6 Å². The summed E-state index contributed by atoms with van der Waals surface area (Å²) in [4.78, 5) is 21.3. The van der Waals surface area contributed by atoms with E-state index >= 15 is 0 Å². The number of hydrogen-bond donors (Lipinski definition) is 2. The Morgan fingerprint density at radius 3 is 2.79 bits per heavy atom. The molecular weight excluding hydrogens is 480 g/mol. The third kappa shape index (κ3) is 4.66. The summed E-state index contributed by atoms with van der Waals surface area (Å²) < 4.78 is 16.8. The van der Waals surface area contributed by atoms with Crippen molar-refractivity contribution in [3.8, 4) is 11.5 Å². The Kier molecular flexibility index (Phi) is 6.82. The van der Waals surface area contributed by atoms with Gasteiger partial charge in [-0.15, -0.1) is 0 Å². The average Bonchev–Trinajstić information content (AvgIpc) is 3.70. The van der Waals surface area contributed by atoms with Gasteiger partial charge in [0.25, 0.3) is 5.91 Å². The lowest BCUT2D eigenvalue weighted by Crippen LogP contribution is -2.54. The largest absolute Gasteiger partial charge is 0.497 e. The van der Waals surface area contributed by atoms with Crippen molar-refractivity contribution in [2.24, 2.45) is 0 Å². The zero-order valence-electron chi connectivity index (χ0n) is 21.7. The Morgan fingerprint density at radius 2 is 1.97 bits per heavy atom. The molecule has 2 aromatic carbocycles. The first kappa shape index (κ1) is 24.6. The van der Waals surface area contributed by atoms with Crippen molar-refractivity contribution in [2.75, 3.05) is 53.0 Å². The van der Waals surface area contributed by atoms with E-state index in [-0.39, 0.29) is 11.4 Å². The normalized spacial score (nSPS) is 19.6. The number of ether oxygens (including phenoxy) is 2. The number of methoxy groups -OCH3 is 1. The smallest absolute Gasteiger partial charge is 0.287 e. The van der Waals surface area contributed by atoms with E-state index < -0.39 is 0 Å². The highest BCUT2D eigenvalue weighted by Crippen LogP contribution is 2.44. The Balaban J connectivity index is 1.22. The summed E-state index contributed by atoms with van der Waals surface area (Å²) in [6.07, 6.45) is 3.49. The number of amides is 1.